The molecule has 8 heteroatoms. The van der Waals surface area contributed by atoms with Gasteiger partial charge in [0, 0.05) is 17.7 Å². The number of allylic oxidation sites excluding steroid dienone is 3. The normalized spacial score (nSPS) is 19.0. The molecule has 0 radical (unpaired) electrons. The Morgan fingerprint density at radius 1 is 1.08 bits per heavy atom. The third-order valence-electron chi connectivity index (χ3n) is 7.34. The van der Waals surface area contributed by atoms with Crippen LogP contribution in [0.5, 0.6) is 5.75 Å². The number of aryl methyl sites for hydroxylation is 1. The van der Waals surface area contributed by atoms with Crippen LogP contribution in [-0.4, -0.2) is 17.3 Å². The van der Waals surface area contributed by atoms with Gasteiger partial charge >= 0.3 is 0 Å². The number of benzene rings is 3. The van der Waals surface area contributed by atoms with Crippen LogP contribution in [0.3, 0.4) is 0 Å². The third-order valence-corrected chi connectivity index (χ3v) is 7.34. The zero-order valence-electron chi connectivity index (χ0n) is 21.8. The molecule has 8 nitrogen and oxygen atoms in total. The van der Waals surface area contributed by atoms with Gasteiger partial charge in [-0.1, -0.05) is 60.2 Å². The highest BCUT2D eigenvalue weighted by molar-refractivity contribution is 6.02. The monoisotopic (exact) mass is 520 g/mol. The van der Waals surface area contributed by atoms with E-state index in [0.717, 1.165) is 16.7 Å². The smallest absolute Gasteiger partial charge is 0.296 e. The fraction of sp³-hybridized carbons (Fsp3) is 0.226. The highest BCUT2D eigenvalue weighted by atomic mass is 16.6. The number of nitro groups is 1. The van der Waals surface area contributed by atoms with Crippen LogP contribution in [0, 0.1) is 28.4 Å². The first-order valence-electron chi connectivity index (χ1n) is 12.8. The molecule has 2 aliphatic rings. The summed E-state index contributed by atoms with van der Waals surface area (Å²) in [5.74, 6) is -0.476. The summed E-state index contributed by atoms with van der Waals surface area (Å²) >= 11 is 0. The van der Waals surface area contributed by atoms with Crippen molar-refractivity contribution in [3.8, 4) is 11.8 Å². The maximum absolute atomic E-state index is 14.0. The topological polar surface area (TPSA) is 122 Å². The Hall–Kier alpha value is -4.90. The van der Waals surface area contributed by atoms with Gasteiger partial charge in [0.05, 0.1) is 35.2 Å². The second kappa shape index (κ2) is 10.5. The van der Waals surface area contributed by atoms with Crippen molar-refractivity contribution in [3.05, 3.63) is 122 Å². The van der Waals surface area contributed by atoms with Gasteiger partial charge in [0.1, 0.15) is 17.3 Å². The van der Waals surface area contributed by atoms with Gasteiger partial charge in [-0.25, -0.2) is 0 Å². The highest BCUT2D eigenvalue weighted by Gasteiger charge is 2.44. The Bertz CT molecular complexity index is 1550. The molecule has 3 aromatic carbocycles. The van der Waals surface area contributed by atoms with Crippen molar-refractivity contribution in [3.63, 3.8) is 0 Å². The van der Waals surface area contributed by atoms with Crippen molar-refractivity contribution >= 4 is 17.2 Å². The van der Waals surface area contributed by atoms with Gasteiger partial charge in [-0.15, -0.1) is 0 Å². The lowest BCUT2D eigenvalue weighted by atomic mass is 9.71. The summed E-state index contributed by atoms with van der Waals surface area (Å²) in [6.45, 7) is 4.11. The number of hydrogen-bond acceptors (Lipinski definition) is 7. The predicted octanol–water partition coefficient (Wildman–Crippen LogP) is 6.00. The molecular weight excluding hydrogens is 492 g/mol. The van der Waals surface area contributed by atoms with E-state index >= 15 is 0 Å². The van der Waals surface area contributed by atoms with E-state index in [0.29, 0.717) is 30.0 Å². The first kappa shape index (κ1) is 25.7. The number of anilines is 1. The fourth-order valence-corrected chi connectivity index (χ4v) is 5.55. The third kappa shape index (κ3) is 4.64. The minimum absolute atomic E-state index is 0.0793. The minimum atomic E-state index is -0.659. The van der Waals surface area contributed by atoms with Crippen molar-refractivity contribution < 1.29 is 14.5 Å². The van der Waals surface area contributed by atoms with Crippen LogP contribution >= 0.6 is 0 Å². The van der Waals surface area contributed by atoms with E-state index in [4.69, 9.17) is 10.5 Å². The molecule has 0 saturated carbocycles. The van der Waals surface area contributed by atoms with E-state index in [9.17, 15) is 20.2 Å². The molecule has 2 N–H and O–H groups in total. The lowest BCUT2D eigenvalue weighted by Gasteiger charge is -2.41. The number of rotatable bonds is 6. The van der Waals surface area contributed by atoms with Crippen molar-refractivity contribution in [2.45, 2.75) is 38.5 Å². The second-order valence-electron chi connectivity index (χ2n) is 9.73. The molecule has 0 aromatic heterocycles. The minimum Gasteiger partial charge on any atom is -0.494 e. The van der Waals surface area contributed by atoms with E-state index < -0.39 is 10.8 Å². The molecule has 0 spiro atoms. The molecule has 196 valence electrons. The molecule has 2 atom stereocenters. The molecule has 0 amide bonds. The van der Waals surface area contributed by atoms with Gasteiger partial charge in [0.25, 0.3) is 5.69 Å². The van der Waals surface area contributed by atoms with Crippen LogP contribution < -0.4 is 15.4 Å². The summed E-state index contributed by atoms with van der Waals surface area (Å²) in [4.78, 5) is 27.2. The molecule has 0 unspecified atom stereocenters. The van der Waals surface area contributed by atoms with Crippen LogP contribution in [0.4, 0.5) is 11.4 Å². The maximum Gasteiger partial charge on any atom is 0.296 e. The summed E-state index contributed by atoms with van der Waals surface area (Å²) in [6.07, 6.45) is 0.695. The molecule has 1 aliphatic carbocycles. The Morgan fingerprint density at radius 3 is 2.44 bits per heavy atom. The first-order chi connectivity index (χ1) is 18.8. The number of nitrogens with two attached hydrogens (primary N) is 1. The fourth-order valence-electron chi connectivity index (χ4n) is 5.55. The molecule has 0 fully saturated rings. The number of carbonyl (C=O) groups excluding carboxylic acids is 1. The van der Waals surface area contributed by atoms with E-state index in [-0.39, 0.29) is 40.9 Å². The molecule has 39 heavy (non-hydrogen) atoms. The SMILES string of the molecule is CCOc1ccc(N2C(N)=C(C#N)[C@@H](c3ccc(C)cc3)C3=C2C[C@@H](c2ccccc2)CC3=O)c([N+](=O)[O-])c1. The number of ketones is 1. The number of carbonyl (C=O) groups is 1. The van der Waals surface area contributed by atoms with E-state index in [1.54, 1.807) is 24.0 Å². The molecule has 0 bridgehead atoms. The molecule has 1 heterocycles. The van der Waals surface area contributed by atoms with Gasteiger partial charge in [-0.05, 0) is 49.4 Å². The van der Waals surface area contributed by atoms with Gasteiger partial charge in [-0.3, -0.25) is 19.8 Å². The number of nitro benzene ring substituents is 1. The van der Waals surface area contributed by atoms with Crippen LogP contribution in [0.15, 0.2) is 95.5 Å². The standard InChI is InChI=1S/C31H28N4O4/c1-3-39-23-13-14-25(26(17-23)35(37)38)34-27-15-22(20-7-5-4-6-8-20)16-28(36)30(27)29(24(18-32)31(34)33)21-11-9-19(2)10-12-21/h4-14,17,22,29H,3,15-16,33H2,1-2H3/t22-,29-/m1/s1. The number of nitrogens with zero attached hydrogens (tertiary/aromatic N) is 3. The summed E-state index contributed by atoms with van der Waals surface area (Å²) in [6, 6.07) is 24.2. The van der Waals surface area contributed by atoms with Crippen molar-refractivity contribution in [2.24, 2.45) is 5.73 Å². The zero-order valence-corrected chi connectivity index (χ0v) is 21.8. The number of Topliss-reactive ketones (excluding diaryl/α,β-unsaturated/α-hetero) is 1. The van der Waals surface area contributed by atoms with Crippen molar-refractivity contribution in [1.29, 1.82) is 5.26 Å². The summed E-state index contributed by atoms with van der Waals surface area (Å²) in [5, 5.41) is 22.5. The summed E-state index contributed by atoms with van der Waals surface area (Å²) < 4.78 is 5.51. The molecule has 5 rings (SSSR count). The largest absolute Gasteiger partial charge is 0.494 e. The van der Waals surface area contributed by atoms with Crippen LogP contribution in [0.25, 0.3) is 0 Å². The Morgan fingerprint density at radius 2 is 1.79 bits per heavy atom. The first-order valence-corrected chi connectivity index (χ1v) is 12.8. The molecule has 3 aromatic rings. The highest BCUT2D eigenvalue weighted by Crippen LogP contribution is 2.50. The van der Waals surface area contributed by atoms with Crippen molar-refractivity contribution in [1.82, 2.24) is 0 Å². The Kier molecular flexibility index (Phi) is 6.90. The van der Waals surface area contributed by atoms with Crippen LogP contribution in [-0.2, 0) is 4.79 Å². The second-order valence-corrected chi connectivity index (χ2v) is 9.73. The maximum atomic E-state index is 14.0. The van der Waals surface area contributed by atoms with E-state index in [1.165, 1.54) is 6.07 Å². The quantitative estimate of drug-likeness (QED) is 0.312. The lowest BCUT2D eigenvalue weighted by molar-refractivity contribution is -0.384. The number of nitriles is 1. The van der Waals surface area contributed by atoms with E-state index in [1.807, 2.05) is 61.5 Å². The molecule has 0 saturated heterocycles. The Balaban J connectivity index is 1.76. The van der Waals surface area contributed by atoms with Crippen LogP contribution in [0.1, 0.15) is 48.3 Å². The average molecular weight is 521 g/mol. The van der Waals surface area contributed by atoms with Crippen molar-refractivity contribution in [2.75, 3.05) is 11.5 Å². The molecular formula is C31H28N4O4. The predicted molar refractivity (Wildman–Crippen MR) is 148 cm³/mol. The summed E-state index contributed by atoms with van der Waals surface area (Å²) in [5.41, 5.74) is 10.7. The lowest BCUT2D eigenvalue weighted by Crippen LogP contribution is -2.40. The van der Waals surface area contributed by atoms with Gasteiger partial charge in [0.2, 0.25) is 0 Å². The van der Waals surface area contributed by atoms with Gasteiger partial charge < -0.3 is 10.5 Å². The van der Waals surface area contributed by atoms with E-state index in [2.05, 4.69) is 6.07 Å². The number of hydrogen-bond donors (Lipinski definition) is 1. The number of ether oxygens (including phenoxy) is 1. The van der Waals surface area contributed by atoms with Gasteiger partial charge in [0.15, 0.2) is 5.78 Å². The van der Waals surface area contributed by atoms with Crippen LogP contribution in [0.2, 0.25) is 0 Å². The molecule has 1 aliphatic heterocycles. The van der Waals surface area contributed by atoms with Gasteiger partial charge in [-0.2, -0.15) is 5.26 Å². The average Bonchev–Trinajstić information content (AvgIpc) is 2.93. The summed E-state index contributed by atoms with van der Waals surface area (Å²) in [7, 11) is 0. The zero-order chi connectivity index (χ0) is 27.7. The Labute approximate surface area is 226 Å².